The van der Waals surface area contributed by atoms with Crippen molar-refractivity contribution in [2.45, 2.75) is 26.4 Å². The Morgan fingerprint density at radius 2 is 1.48 bits per heavy atom. The van der Waals surface area contributed by atoms with Crippen molar-refractivity contribution in [2.75, 3.05) is 30.5 Å². The van der Waals surface area contributed by atoms with Gasteiger partial charge in [-0.2, -0.15) is 18.2 Å². The molecule has 0 atom stereocenters. The molecule has 0 bridgehead atoms. The number of benzene rings is 2. The predicted molar refractivity (Wildman–Crippen MR) is 117 cm³/mol. The number of alkyl halides is 3. The number of nitrogens with zero attached hydrogens (tertiary/aromatic N) is 4. The van der Waals surface area contributed by atoms with Gasteiger partial charge in [0, 0.05) is 31.7 Å². The number of rotatable bonds is 7. The Bertz CT molecular complexity index is 1000. The van der Waals surface area contributed by atoms with Crippen LogP contribution in [0.2, 0.25) is 0 Å². The van der Waals surface area contributed by atoms with Gasteiger partial charge in [0.1, 0.15) is 11.3 Å². The fourth-order valence-electron chi connectivity index (χ4n) is 2.97. The molecule has 164 valence electrons. The molecule has 0 unspecified atom stereocenters. The minimum atomic E-state index is -4.59. The maximum atomic E-state index is 13.7. The van der Waals surface area contributed by atoms with E-state index >= 15 is 0 Å². The number of anilines is 4. The summed E-state index contributed by atoms with van der Waals surface area (Å²) in [4.78, 5) is 11.3. The first-order valence-electron chi connectivity index (χ1n) is 9.92. The first-order valence-corrected chi connectivity index (χ1v) is 9.92. The van der Waals surface area contributed by atoms with E-state index in [4.69, 9.17) is 4.74 Å². The number of ether oxygens (including phenoxy) is 1. The highest BCUT2D eigenvalue weighted by molar-refractivity contribution is 5.66. The van der Waals surface area contributed by atoms with Crippen molar-refractivity contribution in [1.82, 2.24) is 9.97 Å². The third kappa shape index (κ3) is 5.25. The predicted octanol–water partition coefficient (Wildman–Crippen LogP) is 6.13. The molecule has 3 rings (SSSR count). The summed E-state index contributed by atoms with van der Waals surface area (Å²) in [6.45, 7) is 4.54. The molecule has 0 fully saturated rings. The van der Waals surface area contributed by atoms with E-state index in [0.29, 0.717) is 18.0 Å². The van der Waals surface area contributed by atoms with E-state index < -0.39 is 11.7 Å². The SMILES string of the molecule is CCCOc1ccc(N(C)c2nc(N(C)c3ccc(C)cc3)ncc2C(F)(F)F)cc1. The van der Waals surface area contributed by atoms with E-state index in [1.807, 2.05) is 38.1 Å². The standard InChI is InChI=1S/C23H25F3N4O/c1-5-14-31-19-12-10-17(11-13-19)29(3)21-20(23(24,25)26)15-27-22(28-21)30(4)18-8-6-16(2)7-9-18/h6-13,15H,5,14H2,1-4H3. The summed E-state index contributed by atoms with van der Waals surface area (Å²) in [6.07, 6.45) is -2.89. The van der Waals surface area contributed by atoms with Gasteiger partial charge in [-0.15, -0.1) is 0 Å². The van der Waals surface area contributed by atoms with E-state index in [0.717, 1.165) is 23.9 Å². The lowest BCUT2D eigenvalue weighted by Gasteiger charge is -2.25. The third-order valence-corrected chi connectivity index (χ3v) is 4.80. The highest BCUT2D eigenvalue weighted by Crippen LogP contribution is 2.38. The second-order valence-corrected chi connectivity index (χ2v) is 7.20. The Morgan fingerprint density at radius 1 is 0.903 bits per heavy atom. The zero-order chi connectivity index (χ0) is 22.6. The van der Waals surface area contributed by atoms with Crippen LogP contribution in [0.3, 0.4) is 0 Å². The molecule has 0 saturated carbocycles. The molecule has 0 spiro atoms. The monoisotopic (exact) mass is 430 g/mol. The van der Waals surface area contributed by atoms with Gasteiger partial charge in [0.2, 0.25) is 5.95 Å². The maximum absolute atomic E-state index is 13.7. The summed E-state index contributed by atoms with van der Waals surface area (Å²) >= 11 is 0. The summed E-state index contributed by atoms with van der Waals surface area (Å²) < 4.78 is 46.6. The van der Waals surface area contributed by atoms with Crippen molar-refractivity contribution in [2.24, 2.45) is 0 Å². The second-order valence-electron chi connectivity index (χ2n) is 7.20. The minimum absolute atomic E-state index is 0.168. The van der Waals surface area contributed by atoms with Crippen LogP contribution in [-0.4, -0.2) is 30.7 Å². The molecular formula is C23H25F3N4O. The first-order chi connectivity index (χ1) is 14.7. The smallest absolute Gasteiger partial charge is 0.421 e. The van der Waals surface area contributed by atoms with Gasteiger partial charge in [-0.1, -0.05) is 24.6 Å². The Morgan fingerprint density at radius 3 is 2.06 bits per heavy atom. The lowest BCUT2D eigenvalue weighted by Crippen LogP contribution is -2.21. The lowest BCUT2D eigenvalue weighted by atomic mass is 10.2. The van der Waals surface area contributed by atoms with Crippen LogP contribution in [0, 0.1) is 6.92 Å². The quantitative estimate of drug-likeness (QED) is 0.451. The maximum Gasteiger partial charge on any atom is 0.421 e. The Labute approximate surface area is 180 Å². The van der Waals surface area contributed by atoms with Crippen molar-refractivity contribution < 1.29 is 17.9 Å². The molecular weight excluding hydrogens is 405 g/mol. The number of hydrogen-bond acceptors (Lipinski definition) is 5. The van der Waals surface area contributed by atoms with Crippen molar-refractivity contribution in [3.05, 3.63) is 65.9 Å². The minimum Gasteiger partial charge on any atom is -0.494 e. The number of aryl methyl sites for hydroxylation is 1. The zero-order valence-electron chi connectivity index (χ0n) is 17.9. The molecule has 1 aromatic heterocycles. The van der Waals surface area contributed by atoms with Crippen LogP contribution in [0.15, 0.2) is 54.7 Å². The summed E-state index contributed by atoms with van der Waals surface area (Å²) in [5.41, 5.74) is 1.51. The van der Waals surface area contributed by atoms with E-state index in [2.05, 4.69) is 9.97 Å². The van der Waals surface area contributed by atoms with Gasteiger partial charge < -0.3 is 14.5 Å². The first kappa shape index (κ1) is 22.4. The molecule has 2 aromatic carbocycles. The van der Waals surface area contributed by atoms with Crippen molar-refractivity contribution >= 4 is 23.1 Å². The van der Waals surface area contributed by atoms with Crippen LogP contribution >= 0.6 is 0 Å². The van der Waals surface area contributed by atoms with Crippen LogP contribution in [-0.2, 0) is 6.18 Å². The Balaban J connectivity index is 1.98. The molecule has 0 saturated heterocycles. The van der Waals surface area contributed by atoms with Crippen LogP contribution in [0.4, 0.5) is 36.3 Å². The molecule has 0 radical (unpaired) electrons. The second kappa shape index (κ2) is 9.24. The van der Waals surface area contributed by atoms with E-state index in [1.54, 1.807) is 43.3 Å². The molecule has 8 heteroatoms. The number of hydrogen-bond donors (Lipinski definition) is 0. The van der Waals surface area contributed by atoms with Crippen LogP contribution in [0.5, 0.6) is 5.75 Å². The molecule has 3 aromatic rings. The highest BCUT2D eigenvalue weighted by Gasteiger charge is 2.37. The molecule has 0 aliphatic rings. The topological polar surface area (TPSA) is 41.5 Å². The van der Waals surface area contributed by atoms with Gasteiger partial charge in [-0.05, 0) is 49.7 Å². The van der Waals surface area contributed by atoms with Gasteiger partial charge in [0.25, 0.3) is 0 Å². The molecule has 1 heterocycles. The van der Waals surface area contributed by atoms with Gasteiger partial charge in [-0.25, -0.2) is 4.98 Å². The molecule has 0 aliphatic carbocycles. The molecule has 0 N–H and O–H groups in total. The summed E-state index contributed by atoms with van der Waals surface area (Å²) in [5.74, 6) is 0.609. The van der Waals surface area contributed by atoms with Crippen molar-refractivity contribution in [3.63, 3.8) is 0 Å². The van der Waals surface area contributed by atoms with E-state index in [1.165, 1.54) is 4.90 Å². The highest BCUT2D eigenvalue weighted by atomic mass is 19.4. The Kier molecular flexibility index (Phi) is 6.68. The number of aromatic nitrogens is 2. The third-order valence-electron chi connectivity index (χ3n) is 4.80. The van der Waals surface area contributed by atoms with Crippen molar-refractivity contribution in [3.8, 4) is 5.75 Å². The van der Waals surface area contributed by atoms with E-state index in [-0.39, 0.29) is 11.8 Å². The normalized spacial score (nSPS) is 11.3. The summed E-state index contributed by atoms with van der Waals surface area (Å²) in [5, 5.41) is 0. The molecule has 0 amide bonds. The fraction of sp³-hybridized carbons (Fsp3) is 0.304. The van der Waals surface area contributed by atoms with Gasteiger partial charge >= 0.3 is 6.18 Å². The molecule has 5 nitrogen and oxygen atoms in total. The fourth-order valence-corrected chi connectivity index (χ4v) is 2.97. The van der Waals surface area contributed by atoms with Gasteiger partial charge in [0.05, 0.1) is 6.61 Å². The van der Waals surface area contributed by atoms with E-state index in [9.17, 15) is 13.2 Å². The van der Waals surface area contributed by atoms with Gasteiger partial charge in [-0.3, -0.25) is 0 Å². The number of halogens is 3. The summed E-state index contributed by atoms with van der Waals surface area (Å²) in [6, 6.07) is 14.5. The lowest BCUT2D eigenvalue weighted by molar-refractivity contribution is -0.137. The zero-order valence-corrected chi connectivity index (χ0v) is 17.9. The molecule has 0 aliphatic heterocycles. The van der Waals surface area contributed by atoms with Gasteiger partial charge in [0.15, 0.2) is 5.82 Å². The average molecular weight is 430 g/mol. The molecule has 31 heavy (non-hydrogen) atoms. The van der Waals surface area contributed by atoms with Crippen molar-refractivity contribution in [1.29, 1.82) is 0 Å². The average Bonchev–Trinajstić information content (AvgIpc) is 2.76. The largest absolute Gasteiger partial charge is 0.494 e. The summed E-state index contributed by atoms with van der Waals surface area (Å²) in [7, 11) is 3.27. The van der Waals surface area contributed by atoms with Crippen LogP contribution in [0.25, 0.3) is 0 Å². The van der Waals surface area contributed by atoms with Crippen LogP contribution in [0.1, 0.15) is 24.5 Å². The Hall–Kier alpha value is -3.29. The van der Waals surface area contributed by atoms with Crippen LogP contribution < -0.4 is 14.5 Å².